The van der Waals surface area contributed by atoms with Crippen molar-refractivity contribution in [3.05, 3.63) is 35.3 Å². The Morgan fingerprint density at radius 1 is 1.23 bits per heavy atom. The molecule has 3 heterocycles. The van der Waals surface area contributed by atoms with Crippen LogP contribution >= 0.6 is 12.2 Å². The minimum Gasteiger partial charge on any atom is -0.450 e. The number of carbonyl (C=O) groups excluding carboxylic acids is 3. The van der Waals surface area contributed by atoms with Gasteiger partial charge in [-0.1, -0.05) is 0 Å². The topological polar surface area (TPSA) is 130 Å². The maximum Gasteiger partial charge on any atom is 0.413 e. The van der Waals surface area contributed by atoms with Crippen molar-refractivity contribution in [2.75, 3.05) is 30.3 Å². The van der Waals surface area contributed by atoms with Crippen LogP contribution in [0.4, 0.5) is 16.3 Å². The monoisotopic (exact) mass is 445 g/mol. The Hall–Kier alpha value is -3.54. The summed E-state index contributed by atoms with van der Waals surface area (Å²) in [6.45, 7) is 4.98. The highest BCUT2D eigenvalue weighted by molar-refractivity contribution is 7.80. The Labute approximate surface area is 184 Å². The van der Waals surface area contributed by atoms with E-state index in [0.29, 0.717) is 30.3 Å². The molecule has 1 saturated heterocycles. The highest BCUT2D eigenvalue weighted by atomic mass is 32.1. The second kappa shape index (κ2) is 9.51. The predicted octanol–water partition coefficient (Wildman–Crippen LogP) is 1.66. The van der Waals surface area contributed by atoms with Gasteiger partial charge in [0.15, 0.2) is 5.11 Å². The van der Waals surface area contributed by atoms with E-state index in [-0.39, 0.29) is 28.9 Å². The largest absolute Gasteiger partial charge is 0.450 e. The number of alkyl carbamates (subject to hydrolysis) is 1. The number of nitrogens with zero attached hydrogens (tertiary/aromatic N) is 4. The van der Waals surface area contributed by atoms with E-state index >= 15 is 0 Å². The Morgan fingerprint density at radius 2 is 1.97 bits per heavy atom. The van der Waals surface area contributed by atoms with Crippen LogP contribution in [0.25, 0.3) is 0 Å². The van der Waals surface area contributed by atoms with Crippen LogP contribution in [0.2, 0.25) is 0 Å². The zero-order valence-corrected chi connectivity index (χ0v) is 18.2. The summed E-state index contributed by atoms with van der Waals surface area (Å²) < 4.78 is 6.14. The summed E-state index contributed by atoms with van der Waals surface area (Å²) in [6, 6.07) is 3.22. The number of nitrogens with one attached hydrogen (secondary N) is 3. The number of pyridine rings is 1. The molecule has 3 amide bonds. The minimum atomic E-state index is -0.684. The van der Waals surface area contributed by atoms with Gasteiger partial charge in [-0.3, -0.25) is 19.6 Å². The summed E-state index contributed by atoms with van der Waals surface area (Å²) in [4.78, 5) is 42.9. The van der Waals surface area contributed by atoms with Gasteiger partial charge in [-0.05, 0) is 38.6 Å². The van der Waals surface area contributed by atoms with E-state index < -0.39 is 12.0 Å². The SMILES string of the molecule is CCOC(=O)NC(=S)Nc1cc(NC(=O)c2c(C(=O)N3CCC3)cnn2C)cc(C)n1. The zero-order valence-electron chi connectivity index (χ0n) is 17.4. The molecule has 31 heavy (non-hydrogen) atoms. The molecule has 0 saturated carbocycles. The molecule has 0 unspecified atom stereocenters. The van der Waals surface area contributed by atoms with Crippen molar-refractivity contribution in [2.45, 2.75) is 20.3 Å². The average Bonchev–Trinajstić information content (AvgIpc) is 3.01. The molecular formula is C19H23N7O4S. The van der Waals surface area contributed by atoms with E-state index in [1.54, 1.807) is 37.9 Å². The van der Waals surface area contributed by atoms with Gasteiger partial charge < -0.3 is 20.3 Å². The van der Waals surface area contributed by atoms with Crippen molar-refractivity contribution in [3.8, 4) is 0 Å². The number of hydrogen-bond acceptors (Lipinski definition) is 7. The molecule has 2 aromatic heterocycles. The second-order valence-corrected chi connectivity index (χ2v) is 7.22. The van der Waals surface area contributed by atoms with Crippen molar-refractivity contribution >= 4 is 46.7 Å². The van der Waals surface area contributed by atoms with Crippen LogP contribution in [-0.4, -0.2) is 62.4 Å². The summed E-state index contributed by atoms with van der Waals surface area (Å²) in [5.41, 5.74) is 1.45. The van der Waals surface area contributed by atoms with Gasteiger partial charge in [-0.2, -0.15) is 5.10 Å². The highest BCUT2D eigenvalue weighted by Gasteiger charge is 2.28. The first kappa shape index (κ1) is 22.2. The smallest absolute Gasteiger partial charge is 0.413 e. The molecule has 1 aliphatic heterocycles. The fraction of sp³-hybridized carbons (Fsp3) is 0.368. The molecule has 2 aromatic rings. The average molecular weight is 446 g/mol. The lowest BCUT2D eigenvalue weighted by molar-refractivity contribution is 0.0648. The number of aryl methyl sites for hydroxylation is 2. The fourth-order valence-electron chi connectivity index (χ4n) is 2.96. The Balaban J connectivity index is 1.74. The van der Waals surface area contributed by atoms with Crippen molar-refractivity contribution in [1.29, 1.82) is 0 Å². The second-order valence-electron chi connectivity index (χ2n) is 6.81. The third kappa shape index (κ3) is 5.34. The molecular weight excluding hydrogens is 422 g/mol. The number of likely N-dealkylation sites (tertiary alicyclic amines) is 1. The standard InChI is InChI=1S/C19H23N7O4S/c1-4-30-19(29)24-18(31)23-14-9-12(8-11(2)21-14)22-16(27)15-13(10-20-25(15)3)17(28)26-6-5-7-26/h8-10H,4-7H2,1-3H3,(H3,21,22,23,24,27,29,31). The van der Waals surface area contributed by atoms with Crippen LogP contribution in [0.3, 0.4) is 0 Å². The van der Waals surface area contributed by atoms with Gasteiger partial charge in [0, 0.05) is 37.6 Å². The van der Waals surface area contributed by atoms with Gasteiger partial charge in [0.1, 0.15) is 11.5 Å². The minimum absolute atomic E-state index is 0.00268. The molecule has 0 atom stereocenters. The highest BCUT2D eigenvalue weighted by Crippen LogP contribution is 2.19. The summed E-state index contributed by atoms with van der Waals surface area (Å²) >= 11 is 5.07. The predicted molar refractivity (Wildman–Crippen MR) is 117 cm³/mol. The van der Waals surface area contributed by atoms with E-state index in [4.69, 9.17) is 17.0 Å². The number of ether oxygens (including phenoxy) is 1. The number of rotatable bonds is 5. The molecule has 0 aliphatic carbocycles. The first-order valence-electron chi connectivity index (χ1n) is 9.64. The molecule has 3 N–H and O–H groups in total. The summed E-state index contributed by atoms with van der Waals surface area (Å²) in [5.74, 6) is -0.375. The Kier molecular flexibility index (Phi) is 6.80. The van der Waals surface area contributed by atoms with Crippen LogP contribution in [0.15, 0.2) is 18.3 Å². The van der Waals surface area contributed by atoms with Gasteiger partial charge in [0.25, 0.3) is 11.8 Å². The number of amides is 3. The van der Waals surface area contributed by atoms with E-state index in [0.717, 1.165) is 6.42 Å². The maximum atomic E-state index is 12.9. The Bertz CT molecular complexity index is 1030. The van der Waals surface area contributed by atoms with Crippen LogP contribution < -0.4 is 16.0 Å². The summed E-state index contributed by atoms with van der Waals surface area (Å²) in [5, 5.41) is 12.0. The normalized spacial score (nSPS) is 12.5. The lowest BCUT2D eigenvalue weighted by Gasteiger charge is -2.30. The third-order valence-electron chi connectivity index (χ3n) is 4.47. The summed E-state index contributed by atoms with van der Waals surface area (Å²) in [6.07, 6.45) is 1.67. The van der Waals surface area contributed by atoms with Crippen LogP contribution in [-0.2, 0) is 11.8 Å². The van der Waals surface area contributed by atoms with Gasteiger partial charge in [0.2, 0.25) is 0 Å². The van der Waals surface area contributed by atoms with Gasteiger partial charge >= 0.3 is 6.09 Å². The van der Waals surface area contributed by atoms with Crippen molar-refractivity contribution in [3.63, 3.8) is 0 Å². The van der Waals surface area contributed by atoms with E-state index in [1.807, 2.05) is 0 Å². The van der Waals surface area contributed by atoms with E-state index in [9.17, 15) is 14.4 Å². The van der Waals surface area contributed by atoms with Crippen LogP contribution in [0, 0.1) is 6.92 Å². The first-order chi connectivity index (χ1) is 14.8. The quantitative estimate of drug-likeness (QED) is 0.593. The van der Waals surface area contributed by atoms with Gasteiger partial charge in [0.05, 0.1) is 18.4 Å². The lowest BCUT2D eigenvalue weighted by atomic mass is 10.1. The number of anilines is 2. The third-order valence-corrected chi connectivity index (χ3v) is 4.68. The molecule has 1 aliphatic rings. The molecule has 0 bridgehead atoms. The van der Waals surface area contributed by atoms with Gasteiger partial charge in [-0.25, -0.2) is 9.78 Å². The summed E-state index contributed by atoms with van der Waals surface area (Å²) in [7, 11) is 1.60. The van der Waals surface area contributed by atoms with Gasteiger partial charge in [-0.15, -0.1) is 0 Å². The van der Waals surface area contributed by atoms with E-state index in [1.165, 1.54) is 10.9 Å². The van der Waals surface area contributed by atoms with Crippen LogP contribution in [0.1, 0.15) is 39.9 Å². The first-order valence-corrected chi connectivity index (χ1v) is 10.1. The molecule has 0 spiro atoms. The molecule has 0 aromatic carbocycles. The molecule has 12 heteroatoms. The van der Waals surface area contributed by atoms with Crippen molar-refractivity contribution < 1.29 is 19.1 Å². The molecule has 3 rings (SSSR count). The molecule has 11 nitrogen and oxygen atoms in total. The molecule has 0 radical (unpaired) electrons. The number of hydrogen-bond donors (Lipinski definition) is 3. The fourth-order valence-corrected chi connectivity index (χ4v) is 3.14. The number of aromatic nitrogens is 3. The molecule has 1 fully saturated rings. The Morgan fingerprint density at radius 3 is 2.61 bits per heavy atom. The van der Waals surface area contributed by atoms with Crippen molar-refractivity contribution in [2.24, 2.45) is 7.05 Å². The number of carbonyl (C=O) groups is 3. The maximum absolute atomic E-state index is 12.9. The van der Waals surface area contributed by atoms with E-state index in [2.05, 4.69) is 26.0 Å². The zero-order chi connectivity index (χ0) is 22.5. The van der Waals surface area contributed by atoms with Crippen LogP contribution in [0.5, 0.6) is 0 Å². The molecule has 164 valence electrons. The number of thiocarbonyl (C=S) groups is 1. The lowest BCUT2D eigenvalue weighted by Crippen LogP contribution is -2.42. The van der Waals surface area contributed by atoms with Crippen molar-refractivity contribution in [1.82, 2.24) is 25.0 Å².